The second-order valence-corrected chi connectivity index (χ2v) is 31.8. The zero-order valence-corrected chi connectivity index (χ0v) is 71.5. The maximum Gasteiger partial charge on any atom is 0.270 e. The minimum absolute atomic E-state index is 0.00162. The predicted octanol–water partition coefficient (Wildman–Crippen LogP) is 27.6. The molecule has 640 valence electrons. The first-order valence-electron chi connectivity index (χ1n) is 41.5. The number of ether oxygens (including phenoxy) is 12. The van der Waals surface area contributed by atoms with Crippen LogP contribution in [0, 0.1) is 35.8 Å². The first-order chi connectivity index (χ1) is 63.7. The molecule has 0 N–H and O–H groups in total. The summed E-state index contributed by atoms with van der Waals surface area (Å²) in [6.07, 6.45) is 6.46. The van der Waals surface area contributed by atoms with E-state index < -0.39 is 16.2 Å². The van der Waals surface area contributed by atoms with Crippen molar-refractivity contribution in [2.75, 3.05) is 13.2 Å². The zero-order chi connectivity index (χ0) is 91.5. The van der Waals surface area contributed by atoms with Crippen molar-refractivity contribution in [1.29, 1.82) is 10.5 Å². The van der Waals surface area contributed by atoms with Crippen LogP contribution < -0.4 is 56.8 Å². The number of hydrogen-bond donors (Lipinski definition) is 0. The zero-order valence-electron chi connectivity index (χ0n) is 71.5. The van der Waals surface area contributed by atoms with Crippen LogP contribution in [0.15, 0.2) is 342 Å². The van der Waals surface area contributed by atoms with E-state index in [1.165, 1.54) is 24.7 Å². The highest BCUT2D eigenvalue weighted by Crippen LogP contribution is 2.66. The fraction of sp³-hybridized carbons (Fsp3) is 0.0991. The van der Waals surface area contributed by atoms with Crippen LogP contribution in [0.5, 0.6) is 115 Å². The van der Waals surface area contributed by atoms with Gasteiger partial charge in [-0.05, 0) is 167 Å². The molecule has 1 spiro atoms. The number of rotatable bonds is 34. The molecule has 14 aromatic carbocycles. The molecular weight excluding hydrogens is 1650 g/mol. The van der Waals surface area contributed by atoms with Gasteiger partial charge in [-0.25, -0.2) is 9.69 Å². The molecule has 14 aromatic rings. The maximum atomic E-state index is 14.5. The van der Waals surface area contributed by atoms with Crippen LogP contribution in [-0.2, 0) is 16.2 Å². The molecule has 0 saturated carbocycles. The van der Waals surface area contributed by atoms with Crippen LogP contribution in [0.25, 0.3) is 9.69 Å². The van der Waals surface area contributed by atoms with Gasteiger partial charge in [0, 0.05) is 51.9 Å². The summed E-state index contributed by atoms with van der Waals surface area (Å²) in [6, 6.07) is 85.0. The van der Waals surface area contributed by atoms with Gasteiger partial charge in [0.25, 0.3) is 11.4 Å². The lowest BCUT2D eigenvalue weighted by molar-refractivity contribution is 0.102. The van der Waals surface area contributed by atoms with Gasteiger partial charge in [-0.2, -0.15) is 10.5 Å². The van der Waals surface area contributed by atoms with Crippen LogP contribution in [0.4, 0.5) is 11.4 Å². The highest BCUT2D eigenvalue weighted by atomic mass is 16.5. The van der Waals surface area contributed by atoms with Crippen LogP contribution in [0.1, 0.15) is 138 Å². The van der Waals surface area contributed by atoms with Crippen LogP contribution >= 0.6 is 0 Å². The van der Waals surface area contributed by atoms with Gasteiger partial charge < -0.3 is 56.8 Å². The Morgan fingerprint density at radius 1 is 0.321 bits per heavy atom. The first-order valence-corrected chi connectivity index (χ1v) is 41.5. The Morgan fingerprint density at radius 3 is 0.847 bits per heavy atom. The van der Waals surface area contributed by atoms with Crippen molar-refractivity contribution in [3.63, 3.8) is 0 Å². The van der Waals surface area contributed by atoms with E-state index in [0.717, 1.165) is 22.3 Å². The molecule has 0 fully saturated rings. The molecule has 1 atom stereocenters. The van der Waals surface area contributed by atoms with Gasteiger partial charge in [-0.3, -0.25) is 19.2 Å². The number of nitrogens with zero attached hydrogens (tertiary/aromatic N) is 4. The molecule has 16 rings (SSSR count). The summed E-state index contributed by atoms with van der Waals surface area (Å²) in [7, 11) is 0. The van der Waals surface area contributed by atoms with Crippen LogP contribution in [0.2, 0.25) is 0 Å². The third-order valence-electron chi connectivity index (χ3n) is 22.4. The number of ketones is 4. The van der Waals surface area contributed by atoms with Gasteiger partial charge in [0.15, 0.2) is 46.1 Å². The Balaban J connectivity index is 0.867. The van der Waals surface area contributed by atoms with E-state index in [4.69, 9.17) is 70.0 Å². The highest BCUT2D eigenvalue weighted by molar-refractivity contribution is 6.13. The number of fused-ring (bicyclic) bond motifs is 4. The average molecular weight is 1730 g/mol. The smallest absolute Gasteiger partial charge is 0.270 e. The van der Waals surface area contributed by atoms with Gasteiger partial charge in [-0.15, -0.1) is 0 Å². The fourth-order valence-corrected chi connectivity index (χ4v) is 16.6. The molecule has 0 heterocycles. The molecular formula is C111H80N4O16. The molecule has 0 aromatic heterocycles. The van der Waals surface area contributed by atoms with Crippen molar-refractivity contribution < 1.29 is 76.0 Å². The monoisotopic (exact) mass is 1720 g/mol. The first kappa shape index (κ1) is 86.8. The molecule has 131 heavy (non-hydrogen) atoms. The molecule has 1 unspecified atom stereocenters. The number of carbonyl (C=O) groups is 4. The summed E-state index contributed by atoms with van der Waals surface area (Å²) >= 11 is 0. The van der Waals surface area contributed by atoms with E-state index >= 15 is 0 Å². The number of nitriles is 2. The second kappa shape index (κ2) is 37.6. The quantitative estimate of drug-likeness (QED) is 0.0158. The SMILES string of the molecule is [C-]#[N+]c1c(Oc2cc3c(cc2Oc2cccc(Oc4cc(OCC=C)ccc4C(=O)c4ccccc4)c2[N+]#[C-])C2(CC(C)(C)c4cc(Oc5cccc(Oc6cc(OC=C)ccc6C(=O)c6ccccc6)c5C#N)c(Oc5cccc(Oc6cc(OC=C)ccc6C(=O)c6ccccc6)c5C#N)cc42)CC3(C)C)cccc1Oc1cc(OCC=C)ccc1C(=O)c1ccccc1. The van der Waals surface area contributed by atoms with Crippen molar-refractivity contribution in [2.24, 2.45) is 0 Å². The number of hydrogen-bond acceptors (Lipinski definition) is 18. The molecule has 2 aliphatic rings. The van der Waals surface area contributed by atoms with Crippen molar-refractivity contribution in [1.82, 2.24) is 0 Å². The van der Waals surface area contributed by atoms with Crippen LogP contribution in [0.3, 0.4) is 0 Å². The molecule has 0 radical (unpaired) electrons. The lowest BCUT2D eigenvalue weighted by Gasteiger charge is -2.31. The predicted molar refractivity (Wildman–Crippen MR) is 496 cm³/mol. The van der Waals surface area contributed by atoms with Gasteiger partial charge in [0.1, 0.15) is 128 Å². The maximum absolute atomic E-state index is 14.5. The lowest BCUT2D eigenvalue weighted by atomic mass is 9.72. The summed E-state index contributed by atoms with van der Waals surface area (Å²) in [4.78, 5) is 65.8. The van der Waals surface area contributed by atoms with Crippen molar-refractivity contribution in [3.8, 4) is 127 Å². The lowest BCUT2D eigenvalue weighted by Crippen LogP contribution is -2.27. The largest absolute Gasteiger partial charge is 0.489 e. The normalized spacial score (nSPS) is 13.3. The van der Waals surface area contributed by atoms with E-state index in [2.05, 4.69) is 75.8 Å². The Bertz CT molecular complexity index is 7100. The van der Waals surface area contributed by atoms with E-state index in [1.807, 2.05) is 24.3 Å². The van der Waals surface area contributed by atoms with E-state index in [0.29, 0.717) is 52.3 Å². The summed E-state index contributed by atoms with van der Waals surface area (Å²) in [5.41, 5.74) is 2.30. The van der Waals surface area contributed by atoms with Gasteiger partial charge in [-0.1, -0.05) is 212 Å². The minimum Gasteiger partial charge on any atom is -0.489 e. The van der Waals surface area contributed by atoms with Crippen molar-refractivity contribution in [2.45, 2.75) is 56.8 Å². The third-order valence-corrected chi connectivity index (χ3v) is 22.4. The molecule has 20 heteroatoms. The number of carbonyl (C=O) groups excluding carboxylic acids is 4. The topological polar surface area (TPSA) is 235 Å². The molecule has 0 saturated heterocycles. The summed E-state index contributed by atoms with van der Waals surface area (Å²) in [6.45, 7) is 41.7. The fourth-order valence-electron chi connectivity index (χ4n) is 16.6. The molecule has 0 amide bonds. The third kappa shape index (κ3) is 17.9. The van der Waals surface area contributed by atoms with Gasteiger partial charge >= 0.3 is 0 Å². The summed E-state index contributed by atoms with van der Waals surface area (Å²) in [5, 5.41) is 23.0. The Hall–Kier alpha value is -17.7. The van der Waals surface area contributed by atoms with Gasteiger partial charge in [0.2, 0.25) is 0 Å². The second-order valence-electron chi connectivity index (χ2n) is 31.8. The summed E-state index contributed by atoms with van der Waals surface area (Å²) in [5.74, 6) is 0.324. The number of para-hydroxylation sites is 2. The van der Waals surface area contributed by atoms with Crippen LogP contribution in [-0.4, -0.2) is 36.3 Å². The van der Waals surface area contributed by atoms with E-state index in [-0.39, 0.29) is 179 Å². The Labute approximate surface area is 756 Å². The van der Waals surface area contributed by atoms with Crippen molar-refractivity contribution >= 4 is 34.5 Å². The molecule has 0 bridgehead atoms. The van der Waals surface area contributed by atoms with E-state index in [1.54, 1.807) is 267 Å². The Morgan fingerprint density at radius 2 is 0.573 bits per heavy atom. The number of benzene rings is 14. The molecule has 2 aliphatic carbocycles. The van der Waals surface area contributed by atoms with Gasteiger partial charge in [0.05, 0.1) is 47.9 Å². The van der Waals surface area contributed by atoms with Crippen molar-refractivity contribution in [3.05, 3.63) is 443 Å². The van der Waals surface area contributed by atoms with E-state index in [9.17, 15) is 29.7 Å². The average Bonchev–Trinajstić information content (AvgIpc) is 1.52. The minimum atomic E-state index is -1.01. The Kier molecular flexibility index (Phi) is 24.9. The standard InChI is InChI=1S/C111H80N4O16/c1-11-55-122-75-49-53-79(107(118)71-35-23-17-24-36-71)97(59-75)128-91-43-29-45-93(103(91)114-9)130-100-62-84-86(64-102(100)131-94-46-30-44-92(104(94)115-10)129-98-60-76(123-56-12-2)50-54-80(98)108(119)72-37-25-18-26-38-72)111(68-110(84,7)8)67-109(5,6)83-61-99(126-89-41-27-39-87(81(89)65-112)124-95-57-73(120-13-3)47-51-77(95)105(116)69-31-19-15-20-32-69)101(63-85(83)111)127-90-42-28-40-88(82(90)66-113)125-96-58-74(121-14-4)48-52-78(96)106(117)70-33-21-16-22-34-70/h11-54,57-64H,1-4,55-56,67-68H2,5-8H3. The summed E-state index contributed by atoms with van der Waals surface area (Å²) < 4.78 is 78.9. The molecule has 0 aliphatic heterocycles. The highest BCUT2D eigenvalue weighted by Gasteiger charge is 2.57. The molecule has 20 nitrogen and oxygen atoms in total.